The minimum absolute atomic E-state index is 0.0898. The highest BCUT2D eigenvalue weighted by Crippen LogP contribution is 2.20. The molecule has 0 aliphatic heterocycles. The van der Waals surface area contributed by atoms with Crippen molar-refractivity contribution in [2.24, 2.45) is 0 Å². The second kappa shape index (κ2) is 7.93. The summed E-state index contributed by atoms with van der Waals surface area (Å²) < 4.78 is 0. The van der Waals surface area contributed by atoms with Crippen molar-refractivity contribution in [2.45, 2.75) is 25.4 Å². The lowest BCUT2D eigenvalue weighted by Crippen LogP contribution is -1.87. The maximum atomic E-state index is 8.67. The fourth-order valence-corrected chi connectivity index (χ4v) is 3.20. The Hall–Kier alpha value is -1.69. The van der Waals surface area contributed by atoms with E-state index in [1.54, 1.807) is 0 Å². The summed E-state index contributed by atoms with van der Waals surface area (Å²) in [6.07, 6.45) is 0. The van der Waals surface area contributed by atoms with Gasteiger partial charge in [-0.15, -0.1) is 0 Å². The molecule has 0 aromatic heterocycles. The first-order valence-electron chi connectivity index (χ1n) is 7.01. The molecular formula is C19H20OS. The molecule has 2 aromatic rings. The topological polar surface area (TPSA) is 20.2 Å². The van der Waals surface area contributed by atoms with Crippen LogP contribution in [-0.4, -0.2) is 11.7 Å². The molecule has 2 rings (SSSR count). The van der Waals surface area contributed by atoms with Crippen LogP contribution in [0.15, 0.2) is 42.5 Å². The molecule has 21 heavy (non-hydrogen) atoms. The lowest BCUT2D eigenvalue weighted by Gasteiger charge is -2.05. The van der Waals surface area contributed by atoms with Crippen molar-refractivity contribution in [3.63, 3.8) is 0 Å². The molecule has 0 aliphatic rings. The molecule has 108 valence electrons. The summed E-state index contributed by atoms with van der Waals surface area (Å²) >= 11 is 1.92. The molecule has 0 fully saturated rings. The van der Waals surface area contributed by atoms with Gasteiger partial charge in [-0.2, -0.15) is 11.8 Å². The second-order valence-electron chi connectivity index (χ2n) is 5.15. The first kappa shape index (κ1) is 15.7. The zero-order valence-electron chi connectivity index (χ0n) is 12.5. The molecule has 0 amide bonds. The van der Waals surface area contributed by atoms with Crippen molar-refractivity contribution in [3.8, 4) is 11.8 Å². The Morgan fingerprint density at radius 3 is 2.14 bits per heavy atom. The van der Waals surface area contributed by atoms with Crippen LogP contribution in [0.5, 0.6) is 0 Å². The van der Waals surface area contributed by atoms with Gasteiger partial charge >= 0.3 is 0 Å². The van der Waals surface area contributed by atoms with Gasteiger partial charge in [-0.05, 0) is 37.1 Å². The van der Waals surface area contributed by atoms with E-state index >= 15 is 0 Å². The summed E-state index contributed by atoms with van der Waals surface area (Å²) in [6, 6.07) is 15.0. The summed E-state index contributed by atoms with van der Waals surface area (Å²) in [6.45, 7) is 4.20. The molecule has 0 spiro atoms. The quantitative estimate of drug-likeness (QED) is 0.858. The van der Waals surface area contributed by atoms with E-state index in [1.165, 1.54) is 22.3 Å². The number of aliphatic hydroxyl groups excluding tert-OH is 1. The third-order valence-electron chi connectivity index (χ3n) is 3.08. The molecule has 1 N–H and O–H groups in total. The van der Waals surface area contributed by atoms with Crippen LogP contribution >= 0.6 is 11.8 Å². The number of aryl methyl sites for hydroxylation is 2. The number of hydrogen-bond acceptors (Lipinski definition) is 2. The van der Waals surface area contributed by atoms with Gasteiger partial charge in [0.2, 0.25) is 0 Å². The van der Waals surface area contributed by atoms with Gasteiger partial charge in [0.15, 0.2) is 0 Å². The molecule has 0 unspecified atom stereocenters. The molecule has 0 bridgehead atoms. The van der Waals surface area contributed by atoms with Gasteiger partial charge in [0.1, 0.15) is 6.61 Å². The van der Waals surface area contributed by atoms with Gasteiger partial charge in [-0.3, -0.25) is 0 Å². The second-order valence-corrected chi connectivity index (χ2v) is 6.13. The number of rotatable bonds is 4. The van der Waals surface area contributed by atoms with Gasteiger partial charge in [-0.1, -0.05) is 53.3 Å². The van der Waals surface area contributed by atoms with E-state index in [2.05, 4.69) is 56.0 Å². The van der Waals surface area contributed by atoms with Gasteiger partial charge in [-0.25, -0.2) is 0 Å². The molecule has 2 heteroatoms. The molecular weight excluding hydrogens is 276 g/mol. The Balaban J connectivity index is 1.88. The highest BCUT2D eigenvalue weighted by molar-refractivity contribution is 7.97. The third-order valence-corrected chi connectivity index (χ3v) is 4.16. The van der Waals surface area contributed by atoms with Crippen molar-refractivity contribution in [3.05, 3.63) is 70.3 Å². The highest BCUT2D eigenvalue weighted by Gasteiger charge is 1.98. The maximum absolute atomic E-state index is 8.67. The highest BCUT2D eigenvalue weighted by atomic mass is 32.2. The fourth-order valence-electron chi connectivity index (χ4n) is 2.26. The van der Waals surface area contributed by atoms with E-state index in [4.69, 9.17) is 5.11 Å². The monoisotopic (exact) mass is 296 g/mol. The molecule has 1 nitrogen and oxygen atoms in total. The number of thioether (sulfide) groups is 1. The van der Waals surface area contributed by atoms with Crippen molar-refractivity contribution < 1.29 is 5.11 Å². The van der Waals surface area contributed by atoms with Gasteiger partial charge in [0.25, 0.3) is 0 Å². The van der Waals surface area contributed by atoms with Gasteiger partial charge < -0.3 is 5.11 Å². The third kappa shape index (κ3) is 5.30. The zero-order chi connectivity index (χ0) is 15.1. The summed E-state index contributed by atoms with van der Waals surface area (Å²) in [5, 5.41) is 8.67. The number of hydrogen-bond donors (Lipinski definition) is 1. The molecule has 2 aromatic carbocycles. The van der Waals surface area contributed by atoms with E-state index in [0.29, 0.717) is 0 Å². The van der Waals surface area contributed by atoms with Crippen molar-refractivity contribution in [1.82, 2.24) is 0 Å². The molecule has 0 saturated heterocycles. The standard InChI is InChI=1S/C19H20OS/c1-15-10-16(2)12-19(11-15)14-21-13-18-7-5-17(6-8-18)4-3-9-20/h5-8,10-12,20H,9,13-14H2,1-2H3. The first-order valence-corrected chi connectivity index (χ1v) is 8.16. The Labute approximate surface area is 131 Å². The van der Waals surface area contributed by atoms with Crippen LogP contribution in [-0.2, 0) is 11.5 Å². The average molecular weight is 296 g/mol. The van der Waals surface area contributed by atoms with E-state index in [1.807, 2.05) is 23.9 Å². The molecule has 0 heterocycles. The largest absolute Gasteiger partial charge is 0.384 e. The van der Waals surface area contributed by atoms with Crippen molar-refractivity contribution in [1.29, 1.82) is 0 Å². The van der Waals surface area contributed by atoms with Crippen LogP contribution < -0.4 is 0 Å². The van der Waals surface area contributed by atoms with E-state index < -0.39 is 0 Å². The van der Waals surface area contributed by atoms with Crippen LogP contribution in [0.25, 0.3) is 0 Å². The first-order chi connectivity index (χ1) is 10.2. The minimum Gasteiger partial charge on any atom is -0.384 e. The zero-order valence-corrected chi connectivity index (χ0v) is 13.3. The van der Waals surface area contributed by atoms with E-state index in [-0.39, 0.29) is 6.61 Å². The SMILES string of the molecule is Cc1cc(C)cc(CSCc2ccc(C#CCO)cc2)c1. The summed E-state index contributed by atoms with van der Waals surface area (Å²) in [4.78, 5) is 0. The van der Waals surface area contributed by atoms with Crippen molar-refractivity contribution in [2.75, 3.05) is 6.61 Å². The molecule has 0 aliphatic carbocycles. The minimum atomic E-state index is -0.0898. The average Bonchev–Trinajstić information content (AvgIpc) is 2.45. The van der Waals surface area contributed by atoms with Crippen LogP contribution in [0.2, 0.25) is 0 Å². The van der Waals surface area contributed by atoms with Gasteiger partial charge in [0.05, 0.1) is 0 Å². The lowest BCUT2D eigenvalue weighted by atomic mass is 10.1. The number of benzene rings is 2. The summed E-state index contributed by atoms with van der Waals surface area (Å²) in [7, 11) is 0. The molecule has 0 atom stereocenters. The van der Waals surface area contributed by atoms with Crippen LogP contribution in [0, 0.1) is 25.7 Å². The maximum Gasteiger partial charge on any atom is 0.104 e. The predicted molar refractivity (Wildman–Crippen MR) is 91.3 cm³/mol. The molecule has 0 radical (unpaired) electrons. The molecule has 0 saturated carbocycles. The van der Waals surface area contributed by atoms with Gasteiger partial charge in [0, 0.05) is 17.1 Å². The van der Waals surface area contributed by atoms with Crippen molar-refractivity contribution >= 4 is 11.8 Å². The van der Waals surface area contributed by atoms with E-state index in [9.17, 15) is 0 Å². The Morgan fingerprint density at radius 1 is 0.905 bits per heavy atom. The lowest BCUT2D eigenvalue weighted by molar-refractivity contribution is 0.350. The van der Waals surface area contributed by atoms with Crippen LogP contribution in [0.1, 0.15) is 27.8 Å². The van der Waals surface area contributed by atoms with Crippen LogP contribution in [0.4, 0.5) is 0 Å². The Bertz CT molecular complexity index is 627. The predicted octanol–water partition coefficient (Wildman–Crippen LogP) is 4.08. The Kier molecular flexibility index (Phi) is 5.92. The number of aliphatic hydroxyl groups is 1. The summed E-state index contributed by atoms with van der Waals surface area (Å²) in [5.74, 6) is 7.61. The fraction of sp³-hybridized carbons (Fsp3) is 0.263. The Morgan fingerprint density at radius 2 is 1.52 bits per heavy atom. The van der Waals surface area contributed by atoms with Crippen LogP contribution in [0.3, 0.4) is 0 Å². The normalized spacial score (nSPS) is 10.0. The summed E-state index contributed by atoms with van der Waals surface area (Å²) in [5.41, 5.74) is 6.31. The van der Waals surface area contributed by atoms with E-state index in [0.717, 1.165) is 17.1 Å². The smallest absolute Gasteiger partial charge is 0.104 e.